The Morgan fingerprint density at radius 1 is 0.727 bits per heavy atom. The summed E-state index contributed by atoms with van der Waals surface area (Å²) in [5, 5.41) is 0. The van der Waals surface area contributed by atoms with Gasteiger partial charge in [0.25, 0.3) is 0 Å². The van der Waals surface area contributed by atoms with Crippen molar-refractivity contribution in [2.45, 2.75) is 48.3 Å². The van der Waals surface area contributed by atoms with Crippen LogP contribution < -0.4 is 0 Å². The average molecular weight is 281 g/mol. The van der Waals surface area contributed by atoms with E-state index in [0.29, 0.717) is 0 Å². The van der Waals surface area contributed by atoms with Gasteiger partial charge in [-0.05, 0) is 0 Å². The fourth-order valence-corrected chi connectivity index (χ4v) is 10.5. The first kappa shape index (κ1) is 12.1. The average Bonchev–Trinajstić information content (AvgIpc) is 1.55. The van der Waals surface area contributed by atoms with Crippen LogP contribution in [0.2, 0.25) is 48.3 Å². The molecule has 0 aliphatic heterocycles. The van der Waals surface area contributed by atoms with E-state index < -0.39 is 16.1 Å². The predicted molar refractivity (Wildman–Crippen MR) is 56.3 cm³/mol. The van der Waals surface area contributed by atoms with E-state index in [1.165, 1.54) is 0 Å². The van der Waals surface area contributed by atoms with Crippen LogP contribution in [0.25, 0.3) is 0 Å². The van der Waals surface area contributed by atoms with E-state index in [9.17, 15) is 0 Å². The Labute approximate surface area is 82.3 Å². The van der Waals surface area contributed by atoms with Crippen LogP contribution in [-0.2, 0) is 18.0 Å². The van der Waals surface area contributed by atoms with Gasteiger partial charge in [0.2, 0.25) is 0 Å². The molecular weight excluding hydrogens is 259 g/mol. The molecule has 0 amide bonds. The van der Waals surface area contributed by atoms with Crippen molar-refractivity contribution in [2.24, 2.45) is 0 Å². The number of rotatable bonds is 4. The van der Waals surface area contributed by atoms with Crippen LogP contribution in [-0.4, -0.2) is 16.1 Å². The van der Waals surface area contributed by atoms with Crippen LogP contribution in [0.1, 0.15) is 0 Å². The Morgan fingerprint density at radius 3 is 1.18 bits per heavy atom. The molecule has 0 aromatic carbocycles. The number of hydrogen-bond donors (Lipinski definition) is 0. The second-order valence-corrected chi connectivity index (χ2v) is 20.3. The second kappa shape index (κ2) is 4.37. The first-order valence-electron chi connectivity index (χ1n) is 4.15. The molecule has 0 heterocycles. The molecule has 0 atom stereocenters. The fourth-order valence-electron chi connectivity index (χ4n) is 0.514. The molecule has 11 heavy (non-hydrogen) atoms. The van der Waals surface area contributed by atoms with E-state index in [1.807, 2.05) is 0 Å². The molecule has 0 aromatic rings. The molecule has 0 fully saturated rings. The van der Waals surface area contributed by atoms with Crippen molar-refractivity contribution < 1.29 is 18.0 Å². The molecule has 0 nitrogen and oxygen atoms in total. The second-order valence-electron chi connectivity index (χ2n) is 5.50. The summed E-state index contributed by atoms with van der Waals surface area (Å²) >= 11 is 1.07. The van der Waals surface area contributed by atoms with Crippen molar-refractivity contribution in [3.63, 3.8) is 0 Å². The maximum atomic E-state index is 2.48. The Morgan fingerprint density at radius 2 is 1.00 bits per heavy atom. The van der Waals surface area contributed by atoms with Gasteiger partial charge >= 0.3 is 82.4 Å². The minimum absolute atomic E-state index is 0.713. The zero-order valence-corrected chi connectivity index (χ0v) is 12.3. The molecule has 0 aromatic heterocycles. The van der Waals surface area contributed by atoms with Crippen molar-refractivity contribution in [3.8, 4) is 0 Å². The molecule has 0 spiro atoms. The van der Waals surface area contributed by atoms with Gasteiger partial charge in [0.05, 0.1) is 0 Å². The molecule has 0 radical (unpaired) electrons. The van der Waals surface area contributed by atoms with Gasteiger partial charge in [-0.2, -0.15) is 0 Å². The van der Waals surface area contributed by atoms with Crippen LogP contribution >= 0.6 is 0 Å². The van der Waals surface area contributed by atoms with E-state index in [2.05, 4.69) is 39.3 Å². The molecule has 0 aliphatic rings. The molecule has 72 valence electrons. The number of hydrogen-bond acceptors (Lipinski definition) is 0. The fraction of sp³-hybridized carbons (Fsp3) is 1.00. The third-order valence-electron chi connectivity index (χ3n) is 0.829. The predicted octanol–water partition coefficient (Wildman–Crippen LogP) is 3.66. The summed E-state index contributed by atoms with van der Waals surface area (Å²) in [7, 11) is -1.43. The van der Waals surface area contributed by atoms with E-state index in [1.54, 1.807) is 9.03 Å². The van der Waals surface area contributed by atoms with E-state index in [0.717, 1.165) is 18.0 Å². The van der Waals surface area contributed by atoms with Crippen molar-refractivity contribution in [1.29, 1.82) is 0 Å². The molecule has 0 rings (SSSR count). The van der Waals surface area contributed by atoms with Crippen LogP contribution in [0.3, 0.4) is 0 Å². The van der Waals surface area contributed by atoms with E-state index in [4.69, 9.17) is 0 Å². The monoisotopic (exact) mass is 280 g/mol. The summed E-state index contributed by atoms with van der Waals surface area (Å²) in [6.45, 7) is 14.9. The molecule has 0 bridgehead atoms. The van der Waals surface area contributed by atoms with Crippen molar-refractivity contribution in [2.75, 3.05) is 0 Å². The Balaban J connectivity index is 3.44. The summed E-state index contributed by atoms with van der Waals surface area (Å²) in [5.74, 6) is 0. The molecule has 0 saturated carbocycles. The van der Waals surface area contributed by atoms with Crippen molar-refractivity contribution in [3.05, 3.63) is 0 Å². The van der Waals surface area contributed by atoms with Gasteiger partial charge in [0.1, 0.15) is 0 Å². The Bertz CT molecular complexity index is 96.2. The normalized spacial score (nSPS) is 14.0. The summed E-state index contributed by atoms with van der Waals surface area (Å²) in [6.07, 6.45) is 0. The molecule has 0 N–H and O–H groups in total. The summed E-state index contributed by atoms with van der Waals surface area (Å²) in [4.78, 5) is 0. The van der Waals surface area contributed by atoms with Gasteiger partial charge in [-0.25, -0.2) is 0 Å². The summed E-state index contributed by atoms with van der Waals surface area (Å²) < 4.78 is 3.15. The molecule has 0 aliphatic carbocycles. The minimum atomic E-state index is -0.713. The van der Waals surface area contributed by atoms with Gasteiger partial charge < -0.3 is 0 Å². The SMILES string of the molecule is C[Si](C)(C)[CH2][Pd][CH2][Si](C)(C)C. The zero-order valence-electron chi connectivity index (χ0n) is 8.73. The van der Waals surface area contributed by atoms with Crippen LogP contribution in [0.4, 0.5) is 0 Å². The van der Waals surface area contributed by atoms with Crippen LogP contribution in [0.15, 0.2) is 0 Å². The quantitative estimate of drug-likeness (QED) is 0.690. The Kier molecular flexibility index (Phi) is 4.80. The van der Waals surface area contributed by atoms with Crippen LogP contribution in [0.5, 0.6) is 0 Å². The van der Waals surface area contributed by atoms with Gasteiger partial charge in [0.15, 0.2) is 0 Å². The summed E-state index contributed by atoms with van der Waals surface area (Å²) in [6, 6.07) is 0. The van der Waals surface area contributed by atoms with Gasteiger partial charge in [-0.15, -0.1) is 0 Å². The zero-order chi connectivity index (χ0) is 9.12. The maximum absolute atomic E-state index is 2.48. The molecular formula is C8H22PdSi2. The van der Waals surface area contributed by atoms with Gasteiger partial charge in [-0.3, -0.25) is 0 Å². The van der Waals surface area contributed by atoms with E-state index in [-0.39, 0.29) is 0 Å². The summed E-state index contributed by atoms with van der Waals surface area (Å²) in [5.41, 5.74) is 0. The molecule has 3 heteroatoms. The Hall–Kier alpha value is 1.10. The standard InChI is InChI=1S/2C4H11Si.Pd/c2*1-5(2,3)4;/h2*1H2,2-4H3;. The first-order chi connectivity index (χ1) is 4.71. The molecule has 0 unspecified atom stereocenters. The third-order valence-corrected chi connectivity index (χ3v) is 14.7. The topological polar surface area (TPSA) is 0 Å². The van der Waals surface area contributed by atoms with Crippen LogP contribution in [0, 0.1) is 0 Å². The molecule has 0 saturated heterocycles. The first-order valence-corrected chi connectivity index (χ1v) is 13.8. The van der Waals surface area contributed by atoms with Crippen molar-refractivity contribution in [1.82, 2.24) is 0 Å². The third kappa shape index (κ3) is 11.1. The van der Waals surface area contributed by atoms with Gasteiger partial charge in [0, 0.05) is 0 Å². The van der Waals surface area contributed by atoms with E-state index >= 15 is 0 Å². The van der Waals surface area contributed by atoms with Gasteiger partial charge in [-0.1, -0.05) is 0 Å². The van der Waals surface area contributed by atoms with Crippen molar-refractivity contribution >= 4 is 16.1 Å².